The molecular formula is C47H53N5. The molecule has 3 aromatic carbocycles. The van der Waals surface area contributed by atoms with Gasteiger partial charge in [-0.1, -0.05) is 61.4 Å². The van der Waals surface area contributed by atoms with Crippen molar-refractivity contribution >= 4 is 21.8 Å². The van der Waals surface area contributed by atoms with Crippen LogP contribution in [0.3, 0.4) is 0 Å². The second kappa shape index (κ2) is 11.9. The van der Waals surface area contributed by atoms with Crippen LogP contribution in [0.25, 0.3) is 21.8 Å². The Labute approximate surface area is 309 Å². The molecule has 2 unspecified atom stereocenters. The highest BCUT2D eigenvalue weighted by Crippen LogP contribution is 2.44. The third-order valence-electron chi connectivity index (χ3n) is 13.7. The summed E-state index contributed by atoms with van der Waals surface area (Å²) < 4.78 is 5.50. The highest BCUT2D eigenvalue weighted by Gasteiger charge is 2.37. The maximum Gasteiger partial charge on any atom is 0.0518 e. The van der Waals surface area contributed by atoms with Crippen molar-refractivity contribution in [3.63, 3.8) is 0 Å². The zero-order chi connectivity index (χ0) is 35.4. The normalized spacial score (nSPS) is 23.4. The highest BCUT2D eigenvalue weighted by molar-refractivity contribution is 5.90. The molecule has 7 heterocycles. The summed E-state index contributed by atoms with van der Waals surface area (Å²) in [5, 5.41) is 3.01. The minimum atomic E-state index is 0.0810. The monoisotopic (exact) mass is 687 g/mol. The Morgan fingerprint density at radius 2 is 1.25 bits per heavy atom. The number of benzene rings is 3. The lowest BCUT2D eigenvalue weighted by atomic mass is 9.77. The summed E-state index contributed by atoms with van der Waals surface area (Å²) in [6.45, 7) is 17.0. The lowest BCUT2D eigenvalue weighted by Gasteiger charge is -2.33. The van der Waals surface area contributed by atoms with E-state index in [-0.39, 0.29) is 10.8 Å². The van der Waals surface area contributed by atoms with E-state index in [1.54, 1.807) is 28.1 Å². The van der Waals surface area contributed by atoms with Gasteiger partial charge in [0.05, 0.1) is 11.0 Å². The first-order chi connectivity index (χ1) is 25.2. The summed E-state index contributed by atoms with van der Waals surface area (Å²) in [7, 11) is 2.28. The number of pyridine rings is 1. The molecule has 266 valence electrons. The van der Waals surface area contributed by atoms with Gasteiger partial charge in [-0.3, -0.25) is 9.88 Å². The van der Waals surface area contributed by atoms with Crippen molar-refractivity contribution in [1.82, 2.24) is 23.9 Å². The average Bonchev–Trinajstić information content (AvgIpc) is 3.46. The molecule has 0 amide bonds. The number of likely N-dealkylation sites (N-methyl/N-ethyl adjacent to an activating group) is 1. The molecule has 4 aliphatic rings. The van der Waals surface area contributed by atoms with Crippen molar-refractivity contribution in [3.8, 4) is 0 Å². The molecule has 0 N–H and O–H groups in total. The van der Waals surface area contributed by atoms with E-state index in [1.807, 2.05) is 12.4 Å². The van der Waals surface area contributed by atoms with Crippen molar-refractivity contribution < 1.29 is 0 Å². The van der Waals surface area contributed by atoms with E-state index in [0.29, 0.717) is 0 Å². The van der Waals surface area contributed by atoms with Gasteiger partial charge in [0.2, 0.25) is 0 Å². The van der Waals surface area contributed by atoms with Crippen LogP contribution in [-0.4, -0.2) is 44.1 Å². The fourth-order valence-electron chi connectivity index (χ4n) is 10.9. The van der Waals surface area contributed by atoms with E-state index < -0.39 is 0 Å². The van der Waals surface area contributed by atoms with Gasteiger partial charge in [0.1, 0.15) is 0 Å². The third-order valence-corrected chi connectivity index (χ3v) is 13.7. The van der Waals surface area contributed by atoms with E-state index in [4.69, 9.17) is 0 Å². The summed E-state index contributed by atoms with van der Waals surface area (Å²) in [5.74, 6) is 0. The van der Waals surface area contributed by atoms with Crippen LogP contribution < -0.4 is 0 Å². The molecule has 3 aromatic heterocycles. The summed E-state index contributed by atoms with van der Waals surface area (Å²) >= 11 is 0. The van der Waals surface area contributed by atoms with Crippen LogP contribution in [0.4, 0.5) is 0 Å². The Kier molecular flexibility index (Phi) is 7.44. The second-order valence-corrected chi connectivity index (χ2v) is 17.7. The van der Waals surface area contributed by atoms with Gasteiger partial charge in [-0.05, 0) is 110 Å². The zero-order valence-corrected chi connectivity index (χ0v) is 31.9. The molecule has 0 saturated carbocycles. The summed E-state index contributed by atoms with van der Waals surface area (Å²) in [6, 6.07) is 24.1. The van der Waals surface area contributed by atoms with Gasteiger partial charge in [0.25, 0.3) is 0 Å². The number of nitrogens with zero attached hydrogens (tertiary/aromatic N) is 5. The molecule has 5 nitrogen and oxygen atoms in total. The number of hydrogen-bond acceptors (Lipinski definition) is 3. The van der Waals surface area contributed by atoms with Crippen molar-refractivity contribution in [1.29, 1.82) is 0 Å². The summed E-state index contributed by atoms with van der Waals surface area (Å²) in [4.78, 5) is 9.57. The molecule has 0 spiro atoms. The fraction of sp³-hybridized carbons (Fsp3) is 0.426. The van der Waals surface area contributed by atoms with Gasteiger partial charge in [0.15, 0.2) is 0 Å². The Hall–Kier alpha value is -4.19. The molecule has 4 aliphatic heterocycles. The number of rotatable bonds is 4. The molecule has 5 heteroatoms. The van der Waals surface area contributed by atoms with Gasteiger partial charge in [-0.25, -0.2) is 0 Å². The first-order valence-corrected chi connectivity index (χ1v) is 19.8. The molecule has 0 fully saturated rings. The fourth-order valence-corrected chi connectivity index (χ4v) is 10.9. The molecule has 0 aliphatic carbocycles. The van der Waals surface area contributed by atoms with Gasteiger partial charge in [-0.2, -0.15) is 0 Å². The van der Waals surface area contributed by atoms with Crippen LogP contribution in [0, 0.1) is 13.8 Å². The standard InChI is InChI=1S/C47H53N5/c1-31-21-35-10-16-47(4,30-52-42-13-19-49(5)27-40(42)38(23-31)44(35)52)37-8-6-7-33(25-37)26-50-20-14-43-41(28-50)39-24-32(2)22-34-9-15-46(3,29-51(43)45(34)39)36-11-17-48-18-12-36/h6-8,11-12,17-18,21-25H,9-10,13-16,19-20,26-30H2,1-5H3. The van der Waals surface area contributed by atoms with E-state index >= 15 is 0 Å². The molecule has 0 radical (unpaired) electrons. The number of hydrogen-bond donors (Lipinski definition) is 0. The minimum absolute atomic E-state index is 0.0810. The van der Waals surface area contributed by atoms with Crippen molar-refractivity contribution in [2.75, 3.05) is 20.1 Å². The number of aryl methyl sites for hydroxylation is 4. The molecule has 6 aromatic rings. The lowest BCUT2D eigenvalue weighted by Crippen LogP contribution is -2.33. The second-order valence-electron chi connectivity index (χ2n) is 17.7. The Bertz CT molecular complexity index is 2380. The van der Waals surface area contributed by atoms with Crippen molar-refractivity contribution in [2.45, 2.75) is 110 Å². The van der Waals surface area contributed by atoms with Gasteiger partial charge >= 0.3 is 0 Å². The van der Waals surface area contributed by atoms with Gasteiger partial charge in [-0.15, -0.1) is 0 Å². The quantitative estimate of drug-likeness (QED) is 0.185. The van der Waals surface area contributed by atoms with Crippen LogP contribution >= 0.6 is 0 Å². The smallest absolute Gasteiger partial charge is 0.0518 e. The number of fused-ring (bicyclic) bond motifs is 6. The largest absolute Gasteiger partial charge is 0.343 e. The van der Waals surface area contributed by atoms with E-state index in [9.17, 15) is 0 Å². The highest BCUT2D eigenvalue weighted by atomic mass is 15.1. The van der Waals surface area contributed by atoms with E-state index in [0.717, 1.165) is 77.9 Å². The Morgan fingerprint density at radius 3 is 1.90 bits per heavy atom. The molecule has 0 bridgehead atoms. The SMILES string of the molecule is Cc1cc2c3c(c1)c1c(n3CC(C)(c3cccc(CN4CCc5c(c6cc(C)cc7c6n5CC(C)(c5ccncc5)CC7)C4)c3)CC2)CCN(C)C1. The van der Waals surface area contributed by atoms with E-state index in [2.05, 4.69) is 119 Å². The topological polar surface area (TPSA) is 29.2 Å². The molecular weight excluding hydrogens is 635 g/mol. The van der Waals surface area contributed by atoms with Crippen molar-refractivity contribution in [2.24, 2.45) is 0 Å². The van der Waals surface area contributed by atoms with Crippen LogP contribution in [0.2, 0.25) is 0 Å². The van der Waals surface area contributed by atoms with Crippen LogP contribution in [0.1, 0.15) is 88.1 Å². The third kappa shape index (κ3) is 5.14. The minimum Gasteiger partial charge on any atom is -0.343 e. The molecule has 0 saturated heterocycles. The molecule has 10 rings (SSSR count). The first kappa shape index (κ1) is 32.5. The predicted octanol–water partition coefficient (Wildman–Crippen LogP) is 8.96. The molecule has 52 heavy (non-hydrogen) atoms. The summed E-state index contributed by atoms with van der Waals surface area (Å²) in [6.07, 6.45) is 10.8. The van der Waals surface area contributed by atoms with Gasteiger partial charge < -0.3 is 14.0 Å². The Morgan fingerprint density at radius 1 is 0.654 bits per heavy atom. The van der Waals surface area contributed by atoms with Crippen LogP contribution in [0.5, 0.6) is 0 Å². The van der Waals surface area contributed by atoms with E-state index in [1.165, 1.54) is 61.6 Å². The maximum absolute atomic E-state index is 4.35. The first-order valence-electron chi connectivity index (χ1n) is 19.8. The van der Waals surface area contributed by atoms with Crippen LogP contribution in [0.15, 0.2) is 73.1 Å². The average molecular weight is 688 g/mol. The Balaban J connectivity index is 0.958. The summed E-state index contributed by atoms with van der Waals surface area (Å²) in [5.41, 5.74) is 19.7. The van der Waals surface area contributed by atoms with Crippen molar-refractivity contribution in [3.05, 3.63) is 135 Å². The van der Waals surface area contributed by atoms with Crippen LogP contribution in [-0.2, 0) is 69.2 Å². The molecule has 2 atom stereocenters. The maximum atomic E-state index is 4.35. The lowest BCUT2D eigenvalue weighted by molar-refractivity contribution is 0.241. The zero-order valence-electron chi connectivity index (χ0n) is 31.9. The number of aromatic nitrogens is 3. The van der Waals surface area contributed by atoms with Gasteiger partial charge in [0, 0.05) is 104 Å². The predicted molar refractivity (Wildman–Crippen MR) is 213 cm³/mol.